The van der Waals surface area contributed by atoms with E-state index >= 15 is 0 Å². The van der Waals surface area contributed by atoms with Gasteiger partial charge in [-0.05, 0) is 194 Å². The molecule has 0 N–H and O–H groups in total. The first-order chi connectivity index (χ1) is 24.1. The summed E-state index contributed by atoms with van der Waals surface area (Å²) in [4.78, 5) is 8.59. The van der Waals surface area contributed by atoms with E-state index in [1.54, 1.807) is 0 Å². The van der Waals surface area contributed by atoms with Gasteiger partial charge in [-0.1, -0.05) is 76.3 Å². The van der Waals surface area contributed by atoms with Crippen molar-refractivity contribution in [2.75, 3.05) is 0 Å². The maximum atomic E-state index is 2.22. The summed E-state index contributed by atoms with van der Waals surface area (Å²) in [6.07, 6.45) is 0. The van der Waals surface area contributed by atoms with Crippen molar-refractivity contribution in [2.45, 2.75) is 132 Å². The van der Waals surface area contributed by atoms with E-state index in [1.165, 1.54) is 102 Å². The van der Waals surface area contributed by atoms with Gasteiger partial charge < -0.3 is 0 Å². The van der Waals surface area contributed by atoms with Crippen molar-refractivity contribution in [3.63, 3.8) is 0 Å². The molecule has 6 aromatic rings. The highest BCUT2D eigenvalue weighted by Gasteiger charge is 2.02. The third kappa shape index (κ3) is 17.5. The van der Waals surface area contributed by atoms with Crippen LogP contribution in [0.25, 0.3) is 0 Å². The van der Waals surface area contributed by atoms with E-state index in [0.717, 1.165) is 0 Å². The van der Waals surface area contributed by atoms with E-state index in [4.69, 9.17) is 0 Å². The minimum absolute atomic E-state index is 1.35. The van der Waals surface area contributed by atoms with Crippen LogP contribution < -0.4 is 0 Å². The smallest absolute Gasteiger partial charge is 0.00489 e. The summed E-state index contributed by atoms with van der Waals surface area (Å²) in [6, 6.07) is 24.0. The fourth-order valence-corrected chi connectivity index (χ4v) is 8.36. The van der Waals surface area contributed by atoms with Crippen LogP contribution >= 0.6 is 34.0 Å². The van der Waals surface area contributed by atoms with Gasteiger partial charge in [-0.15, -0.1) is 34.0 Å². The van der Waals surface area contributed by atoms with Crippen molar-refractivity contribution in [2.24, 2.45) is 0 Å². The number of aryl methyl sites for hydroxylation is 16. The van der Waals surface area contributed by atoms with E-state index in [9.17, 15) is 0 Å². The molecule has 0 atom stereocenters. The molecule has 52 heavy (non-hydrogen) atoms. The molecule has 0 aliphatic rings. The third-order valence-corrected chi connectivity index (χ3v) is 12.4. The second-order valence-electron chi connectivity index (χ2n) is 14.5. The molecule has 0 saturated heterocycles. The lowest BCUT2D eigenvalue weighted by Gasteiger charge is -2.04. The van der Waals surface area contributed by atoms with Crippen LogP contribution in [0, 0.1) is 132 Å². The SMILES string of the molecule is Cc1cc(C)c(C)c(C)c1.Cc1cc(C)c(C)s1.Cc1cc(C)cc(C)c1.Cc1ccc(C)c(C)c1.Cc1ccc(C)s1.Cc1sc(C)c(C)c1C. The van der Waals surface area contributed by atoms with Crippen LogP contribution in [0.4, 0.5) is 0 Å². The highest BCUT2D eigenvalue weighted by atomic mass is 32.1. The van der Waals surface area contributed by atoms with E-state index in [0.29, 0.717) is 0 Å². The predicted octanol–water partition coefficient (Wildman–Crippen LogP) is 16.2. The second-order valence-corrected chi connectivity index (χ2v) is 18.9. The number of benzene rings is 3. The van der Waals surface area contributed by atoms with Gasteiger partial charge in [0.2, 0.25) is 0 Å². The van der Waals surface area contributed by atoms with Crippen LogP contribution in [-0.2, 0) is 0 Å². The molecule has 3 aromatic carbocycles. The molecule has 0 bridgehead atoms. The lowest BCUT2D eigenvalue weighted by Crippen LogP contribution is -1.86. The fraction of sp³-hybridized carbons (Fsp3) is 0.388. The molecule has 0 fully saturated rings. The zero-order chi connectivity index (χ0) is 39.9. The average molecular weight is 753 g/mol. The van der Waals surface area contributed by atoms with Gasteiger partial charge in [0.1, 0.15) is 0 Å². The molecular formula is C49H68S3. The van der Waals surface area contributed by atoms with Crippen molar-refractivity contribution in [1.29, 1.82) is 0 Å². The summed E-state index contributed by atoms with van der Waals surface area (Å²) < 4.78 is 0. The van der Waals surface area contributed by atoms with E-state index in [1.807, 2.05) is 34.0 Å². The molecule has 0 aliphatic heterocycles. The molecule has 0 spiro atoms. The van der Waals surface area contributed by atoms with Crippen molar-refractivity contribution in [3.8, 4) is 0 Å². The van der Waals surface area contributed by atoms with Crippen LogP contribution in [0.1, 0.15) is 102 Å². The second kappa shape index (κ2) is 22.7. The summed E-state index contributed by atoms with van der Waals surface area (Å²) in [7, 11) is 0. The van der Waals surface area contributed by atoms with E-state index < -0.39 is 0 Å². The zero-order valence-corrected chi connectivity index (χ0v) is 38.5. The molecule has 282 valence electrons. The van der Waals surface area contributed by atoms with Gasteiger partial charge in [0.15, 0.2) is 0 Å². The first kappa shape index (κ1) is 46.8. The Bertz CT molecular complexity index is 1840. The van der Waals surface area contributed by atoms with Crippen molar-refractivity contribution < 1.29 is 0 Å². The standard InChI is InChI=1S/C10H14.2C9H12.C8H12S.C7H10S.C6H8S/c1-7-5-8(2)10(4)9(3)6-7;1-7-4-8(2)6-9(3)5-7;1-7-4-5-8(2)9(3)6-7;1-5-6(2)8(4)9-7(5)3;1-5-4-6(2)8-7(5)3;1-5-3-4-6(2)7-5/h5-6H,1-4H3;2*4-6H,1-3H3;1-4H3;4H,1-3H3;3-4H,1-2H3. The van der Waals surface area contributed by atoms with Gasteiger partial charge in [-0.2, -0.15) is 0 Å². The van der Waals surface area contributed by atoms with Crippen molar-refractivity contribution in [1.82, 2.24) is 0 Å². The summed E-state index contributed by atoms with van der Waals surface area (Å²) in [5.41, 5.74) is 18.1. The Hall–Kier alpha value is -3.24. The summed E-state index contributed by atoms with van der Waals surface area (Å²) >= 11 is 5.61. The largest absolute Gasteiger partial charge is 0.146 e. The Balaban J connectivity index is 0.000000313. The van der Waals surface area contributed by atoms with Gasteiger partial charge in [0, 0.05) is 29.3 Å². The molecule has 0 saturated carbocycles. The van der Waals surface area contributed by atoms with Crippen LogP contribution in [-0.4, -0.2) is 0 Å². The van der Waals surface area contributed by atoms with Crippen LogP contribution in [0.15, 0.2) is 66.7 Å². The normalized spacial score (nSPS) is 9.83. The minimum atomic E-state index is 1.35. The topological polar surface area (TPSA) is 0 Å². The first-order valence-electron chi connectivity index (χ1n) is 18.3. The molecule has 0 nitrogen and oxygen atoms in total. The lowest BCUT2D eigenvalue weighted by atomic mass is 10.0. The Morgan fingerprint density at radius 2 is 0.654 bits per heavy atom. The molecule has 3 aromatic heterocycles. The fourth-order valence-electron chi connectivity index (χ4n) is 5.57. The predicted molar refractivity (Wildman–Crippen MR) is 242 cm³/mol. The highest BCUT2D eigenvalue weighted by Crippen LogP contribution is 2.25. The Morgan fingerprint density at radius 3 is 0.904 bits per heavy atom. The average Bonchev–Trinajstić information content (AvgIpc) is 3.64. The van der Waals surface area contributed by atoms with Gasteiger partial charge in [-0.25, -0.2) is 0 Å². The summed E-state index contributed by atoms with van der Waals surface area (Å²) in [6.45, 7) is 40.8. The van der Waals surface area contributed by atoms with Gasteiger partial charge in [0.05, 0.1) is 0 Å². The molecule has 6 rings (SSSR count). The number of hydrogen-bond donors (Lipinski definition) is 0. The minimum Gasteiger partial charge on any atom is -0.146 e. The highest BCUT2D eigenvalue weighted by molar-refractivity contribution is 7.12. The maximum absolute atomic E-state index is 2.22. The number of thiophene rings is 3. The molecule has 3 heteroatoms. The zero-order valence-electron chi connectivity index (χ0n) is 36.1. The number of hydrogen-bond acceptors (Lipinski definition) is 3. The molecule has 3 heterocycles. The summed E-state index contributed by atoms with van der Waals surface area (Å²) in [5, 5.41) is 0. The van der Waals surface area contributed by atoms with Crippen LogP contribution in [0.3, 0.4) is 0 Å². The van der Waals surface area contributed by atoms with Crippen molar-refractivity contribution >= 4 is 34.0 Å². The quantitative estimate of drug-likeness (QED) is 0.145. The van der Waals surface area contributed by atoms with Gasteiger partial charge >= 0.3 is 0 Å². The lowest BCUT2D eigenvalue weighted by molar-refractivity contribution is 1.23. The van der Waals surface area contributed by atoms with Crippen LogP contribution in [0.5, 0.6) is 0 Å². The third-order valence-electron chi connectivity index (χ3n) is 9.19. The van der Waals surface area contributed by atoms with Crippen molar-refractivity contribution in [3.05, 3.63) is 168 Å². The molecule has 0 aliphatic carbocycles. The molecule has 0 radical (unpaired) electrons. The van der Waals surface area contributed by atoms with Gasteiger partial charge in [-0.3, -0.25) is 0 Å². The molecule has 0 amide bonds. The van der Waals surface area contributed by atoms with E-state index in [2.05, 4.69) is 198 Å². The summed E-state index contributed by atoms with van der Waals surface area (Å²) in [5.74, 6) is 0. The van der Waals surface area contributed by atoms with Crippen LogP contribution in [0.2, 0.25) is 0 Å². The number of rotatable bonds is 0. The monoisotopic (exact) mass is 752 g/mol. The molecule has 0 unspecified atom stereocenters. The Morgan fingerprint density at radius 1 is 0.250 bits per heavy atom. The first-order valence-corrected chi connectivity index (χ1v) is 20.8. The Labute approximate surface area is 332 Å². The van der Waals surface area contributed by atoms with Gasteiger partial charge in [0.25, 0.3) is 0 Å². The maximum Gasteiger partial charge on any atom is 0.00489 e. The molecular weight excluding hydrogens is 685 g/mol. The Kier molecular flexibility index (Phi) is 20.5. The van der Waals surface area contributed by atoms with E-state index in [-0.39, 0.29) is 0 Å².